The first kappa shape index (κ1) is 13.2. The Bertz CT molecular complexity index is 384. The molecule has 0 bridgehead atoms. The summed E-state index contributed by atoms with van der Waals surface area (Å²) in [6.45, 7) is 4.37. The molecule has 0 radical (unpaired) electrons. The van der Waals surface area contributed by atoms with Crippen LogP contribution in [0.1, 0.15) is 13.8 Å². The standard InChI is InChI=1S/C11H15ClN2OS/c1-3-14-11(15)7(2)16-10-6-8(12)4-5-9(10)13/h4-7H,3,13H2,1-2H3,(H,14,15). The van der Waals surface area contributed by atoms with Crippen molar-refractivity contribution >= 4 is 35.0 Å². The first-order chi connectivity index (χ1) is 7.54. The second-order valence-electron chi connectivity index (χ2n) is 3.34. The molecule has 88 valence electrons. The smallest absolute Gasteiger partial charge is 0.233 e. The number of hydrogen-bond acceptors (Lipinski definition) is 3. The number of hydrogen-bond donors (Lipinski definition) is 2. The van der Waals surface area contributed by atoms with Crippen molar-refractivity contribution in [1.29, 1.82) is 0 Å². The van der Waals surface area contributed by atoms with Crippen LogP contribution >= 0.6 is 23.4 Å². The number of nitrogen functional groups attached to an aromatic ring is 1. The normalized spacial score (nSPS) is 12.2. The second-order valence-corrected chi connectivity index (χ2v) is 5.16. The fourth-order valence-corrected chi connectivity index (χ4v) is 2.38. The fourth-order valence-electron chi connectivity index (χ4n) is 1.17. The van der Waals surface area contributed by atoms with E-state index < -0.39 is 0 Å². The van der Waals surface area contributed by atoms with Gasteiger partial charge in [-0.2, -0.15) is 0 Å². The Labute approximate surface area is 105 Å². The zero-order valence-corrected chi connectivity index (χ0v) is 10.9. The number of benzene rings is 1. The lowest BCUT2D eigenvalue weighted by Crippen LogP contribution is -2.30. The summed E-state index contributed by atoms with van der Waals surface area (Å²) >= 11 is 7.28. The molecular formula is C11H15ClN2OS. The first-order valence-corrected chi connectivity index (χ1v) is 6.29. The van der Waals surface area contributed by atoms with Gasteiger partial charge in [0.15, 0.2) is 0 Å². The number of amides is 1. The van der Waals surface area contributed by atoms with Gasteiger partial charge in [-0.25, -0.2) is 0 Å². The van der Waals surface area contributed by atoms with Crippen LogP contribution in [0.5, 0.6) is 0 Å². The van der Waals surface area contributed by atoms with E-state index in [0.29, 0.717) is 17.3 Å². The summed E-state index contributed by atoms with van der Waals surface area (Å²) in [4.78, 5) is 12.4. The molecule has 16 heavy (non-hydrogen) atoms. The molecule has 1 unspecified atom stereocenters. The topological polar surface area (TPSA) is 55.1 Å². The van der Waals surface area contributed by atoms with Crippen LogP contribution in [0.4, 0.5) is 5.69 Å². The molecule has 0 aliphatic carbocycles. The highest BCUT2D eigenvalue weighted by atomic mass is 35.5. The Morgan fingerprint density at radius 3 is 2.94 bits per heavy atom. The van der Waals surface area contributed by atoms with E-state index in [0.717, 1.165) is 4.90 Å². The maximum atomic E-state index is 11.5. The van der Waals surface area contributed by atoms with Gasteiger partial charge in [0.2, 0.25) is 5.91 Å². The number of anilines is 1. The minimum Gasteiger partial charge on any atom is -0.398 e. The Morgan fingerprint density at radius 2 is 2.31 bits per heavy atom. The molecule has 1 rings (SSSR count). The van der Waals surface area contributed by atoms with Gasteiger partial charge in [0.05, 0.1) is 5.25 Å². The van der Waals surface area contributed by atoms with E-state index >= 15 is 0 Å². The summed E-state index contributed by atoms with van der Waals surface area (Å²) in [5.41, 5.74) is 6.44. The minimum atomic E-state index is -0.180. The van der Waals surface area contributed by atoms with Crippen molar-refractivity contribution in [2.45, 2.75) is 24.0 Å². The van der Waals surface area contributed by atoms with Gasteiger partial charge in [0.25, 0.3) is 0 Å². The molecule has 0 fully saturated rings. The third-order valence-corrected chi connectivity index (χ3v) is 3.41. The van der Waals surface area contributed by atoms with E-state index in [-0.39, 0.29) is 11.2 Å². The van der Waals surface area contributed by atoms with Gasteiger partial charge in [-0.3, -0.25) is 4.79 Å². The van der Waals surface area contributed by atoms with E-state index in [9.17, 15) is 4.79 Å². The summed E-state index contributed by atoms with van der Waals surface area (Å²) < 4.78 is 0. The van der Waals surface area contributed by atoms with Crippen molar-refractivity contribution in [2.24, 2.45) is 0 Å². The molecule has 0 saturated carbocycles. The summed E-state index contributed by atoms with van der Waals surface area (Å²) in [6.07, 6.45) is 0. The van der Waals surface area contributed by atoms with Gasteiger partial charge < -0.3 is 11.1 Å². The fraction of sp³-hybridized carbons (Fsp3) is 0.364. The lowest BCUT2D eigenvalue weighted by Gasteiger charge is -2.12. The van der Waals surface area contributed by atoms with E-state index in [2.05, 4.69) is 5.32 Å². The molecule has 0 aromatic heterocycles. The summed E-state index contributed by atoms with van der Waals surface area (Å²) in [5, 5.41) is 3.21. The Kier molecular flexibility index (Phi) is 4.96. The lowest BCUT2D eigenvalue weighted by atomic mass is 10.3. The van der Waals surface area contributed by atoms with E-state index in [1.165, 1.54) is 11.8 Å². The van der Waals surface area contributed by atoms with Crippen LogP contribution in [0, 0.1) is 0 Å². The highest BCUT2D eigenvalue weighted by Crippen LogP contribution is 2.31. The molecular weight excluding hydrogens is 244 g/mol. The van der Waals surface area contributed by atoms with E-state index in [1.807, 2.05) is 13.8 Å². The lowest BCUT2D eigenvalue weighted by molar-refractivity contribution is -0.120. The molecule has 0 saturated heterocycles. The number of rotatable bonds is 4. The summed E-state index contributed by atoms with van der Waals surface area (Å²) in [7, 11) is 0. The SMILES string of the molecule is CCNC(=O)C(C)Sc1cc(Cl)ccc1N. The minimum absolute atomic E-state index is 0.00637. The molecule has 3 nitrogen and oxygen atoms in total. The number of thioether (sulfide) groups is 1. The average molecular weight is 259 g/mol. The maximum Gasteiger partial charge on any atom is 0.233 e. The van der Waals surface area contributed by atoms with Gasteiger partial charge in [0.1, 0.15) is 0 Å². The maximum absolute atomic E-state index is 11.5. The average Bonchev–Trinajstić information content (AvgIpc) is 2.23. The summed E-state index contributed by atoms with van der Waals surface area (Å²) in [5.74, 6) is 0.00637. The van der Waals surface area contributed by atoms with Crippen LogP contribution in [0.3, 0.4) is 0 Å². The Hall–Kier alpha value is -0.870. The third kappa shape index (κ3) is 3.61. The quantitative estimate of drug-likeness (QED) is 0.645. The predicted molar refractivity (Wildman–Crippen MR) is 69.9 cm³/mol. The van der Waals surface area contributed by atoms with Crippen molar-refractivity contribution in [2.75, 3.05) is 12.3 Å². The number of halogens is 1. The van der Waals surface area contributed by atoms with E-state index in [1.54, 1.807) is 18.2 Å². The van der Waals surface area contributed by atoms with Crippen molar-refractivity contribution in [3.8, 4) is 0 Å². The highest BCUT2D eigenvalue weighted by Gasteiger charge is 2.14. The van der Waals surface area contributed by atoms with Gasteiger partial charge in [0, 0.05) is 22.2 Å². The van der Waals surface area contributed by atoms with Crippen molar-refractivity contribution in [3.05, 3.63) is 23.2 Å². The molecule has 1 aromatic carbocycles. The number of carbonyl (C=O) groups excluding carboxylic acids is 1. The Morgan fingerprint density at radius 1 is 1.62 bits per heavy atom. The first-order valence-electron chi connectivity index (χ1n) is 5.04. The molecule has 0 aliphatic heterocycles. The zero-order valence-electron chi connectivity index (χ0n) is 9.29. The van der Waals surface area contributed by atoms with E-state index in [4.69, 9.17) is 17.3 Å². The van der Waals surface area contributed by atoms with Crippen molar-refractivity contribution < 1.29 is 4.79 Å². The molecule has 0 aliphatic rings. The van der Waals surface area contributed by atoms with Gasteiger partial charge in [-0.15, -0.1) is 11.8 Å². The molecule has 1 aromatic rings. The number of nitrogens with one attached hydrogen (secondary N) is 1. The predicted octanol–water partition coefficient (Wildman–Crippen LogP) is 2.54. The van der Waals surface area contributed by atoms with Crippen LogP contribution in [0.2, 0.25) is 5.02 Å². The third-order valence-electron chi connectivity index (χ3n) is 2.00. The number of nitrogens with two attached hydrogens (primary N) is 1. The molecule has 1 atom stereocenters. The van der Waals surface area contributed by atoms with Gasteiger partial charge in [-0.05, 0) is 32.0 Å². The van der Waals surface area contributed by atoms with Crippen LogP contribution in [-0.4, -0.2) is 17.7 Å². The number of carbonyl (C=O) groups is 1. The molecule has 0 heterocycles. The van der Waals surface area contributed by atoms with Crippen molar-refractivity contribution in [1.82, 2.24) is 5.32 Å². The Balaban J connectivity index is 2.72. The van der Waals surface area contributed by atoms with Crippen LogP contribution in [-0.2, 0) is 4.79 Å². The zero-order chi connectivity index (χ0) is 12.1. The van der Waals surface area contributed by atoms with Gasteiger partial charge >= 0.3 is 0 Å². The van der Waals surface area contributed by atoms with Crippen LogP contribution in [0.25, 0.3) is 0 Å². The molecule has 5 heteroatoms. The second kappa shape index (κ2) is 6.01. The molecule has 0 spiro atoms. The highest BCUT2D eigenvalue weighted by molar-refractivity contribution is 8.00. The summed E-state index contributed by atoms with van der Waals surface area (Å²) in [6, 6.07) is 5.25. The monoisotopic (exact) mass is 258 g/mol. The molecule has 1 amide bonds. The van der Waals surface area contributed by atoms with Gasteiger partial charge in [-0.1, -0.05) is 11.6 Å². The largest absolute Gasteiger partial charge is 0.398 e. The van der Waals surface area contributed by atoms with Crippen LogP contribution in [0.15, 0.2) is 23.1 Å². The van der Waals surface area contributed by atoms with Crippen LogP contribution < -0.4 is 11.1 Å². The van der Waals surface area contributed by atoms with Crippen molar-refractivity contribution in [3.63, 3.8) is 0 Å². The molecule has 3 N–H and O–H groups in total.